The second-order valence-corrected chi connectivity index (χ2v) is 9.83. The number of esters is 2. The molecule has 1 aromatic rings. The highest BCUT2D eigenvalue weighted by molar-refractivity contribution is 5.87. The Morgan fingerprint density at radius 2 is 1.89 bits per heavy atom. The summed E-state index contributed by atoms with van der Waals surface area (Å²) in [6, 6.07) is 3.05. The van der Waals surface area contributed by atoms with Gasteiger partial charge in [0.05, 0.1) is 11.0 Å². The summed E-state index contributed by atoms with van der Waals surface area (Å²) >= 11 is 0. The van der Waals surface area contributed by atoms with Gasteiger partial charge in [0.1, 0.15) is 5.76 Å². The molecule has 4 aliphatic rings. The maximum Gasteiger partial charge on any atom is 0.344 e. The Bertz CT molecular complexity index is 1180. The molecule has 0 aromatic heterocycles. The third-order valence-electron chi connectivity index (χ3n) is 7.99. The largest absolute Gasteiger partial charge is 0.504 e. The van der Waals surface area contributed by atoms with Crippen molar-refractivity contribution in [1.29, 1.82) is 0 Å². The van der Waals surface area contributed by atoms with E-state index in [1.807, 2.05) is 7.05 Å². The first-order valence-electron chi connectivity index (χ1n) is 11.6. The van der Waals surface area contributed by atoms with Crippen molar-refractivity contribution in [3.05, 3.63) is 35.1 Å². The van der Waals surface area contributed by atoms with E-state index in [1.165, 1.54) is 12.1 Å². The molecule has 0 amide bonds. The Kier molecular flexibility index (Phi) is 5.56. The molecule has 36 heavy (non-hydrogen) atoms. The van der Waals surface area contributed by atoms with E-state index >= 15 is 0 Å². The lowest BCUT2D eigenvalue weighted by atomic mass is 9.50. The number of rotatable bonds is 6. The van der Waals surface area contributed by atoms with E-state index in [0.29, 0.717) is 24.9 Å². The second kappa shape index (κ2) is 8.17. The molecule has 2 unspecified atom stereocenters. The molecule has 0 radical (unpaired) electrons. The van der Waals surface area contributed by atoms with Gasteiger partial charge in [0, 0.05) is 18.0 Å². The van der Waals surface area contributed by atoms with Crippen LogP contribution in [-0.2, 0) is 35.7 Å². The van der Waals surface area contributed by atoms with E-state index in [4.69, 9.17) is 14.6 Å². The van der Waals surface area contributed by atoms with Gasteiger partial charge in [-0.1, -0.05) is 6.07 Å². The maximum absolute atomic E-state index is 12.7. The number of carboxylic acid groups (broad SMARTS) is 1. The average Bonchev–Trinajstić information content (AvgIpc) is 3.19. The molecule has 194 valence electrons. The monoisotopic (exact) mass is 505 g/mol. The smallest absolute Gasteiger partial charge is 0.344 e. The zero-order chi connectivity index (χ0) is 26.2. The fourth-order valence-electron chi connectivity index (χ4n) is 6.17. The van der Waals surface area contributed by atoms with Crippen molar-refractivity contribution in [2.45, 2.75) is 67.7 Å². The minimum atomic E-state index is -2.39. The first kappa shape index (κ1) is 24.5. The van der Waals surface area contributed by atoms with E-state index in [9.17, 15) is 34.8 Å². The van der Waals surface area contributed by atoms with Crippen LogP contribution in [0, 0.1) is 0 Å². The lowest BCUT2D eigenvalue weighted by Gasteiger charge is -2.61. The van der Waals surface area contributed by atoms with Gasteiger partial charge in [-0.25, -0.2) is 14.4 Å². The number of aliphatic carboxylic acids is 1. The number of phenols is 1. The Morgan fingerprint density at radius 1 is 1.19 bits per heavy atom. The van der Waals surface area contributed by atoms with Crippen LogP contribution in [0.3, 0.4) is 0 Å². The fourth-order valence-corrected chi connectivity index (χ4v) is 6.17. The van der Waals surface area contributed by atoms with Gasteiger partial charge in [0.15, 0.2) is 35.9 Å². The number of hydrogen-bond acceptors (Lipinski definition) is 11. The summed E-state index contributed by atoms with van der Waals surface area (Å²) in [6.45, 7) is 1.65. The molecule has 2 bridgehead atoms. The molecule has 1 fully saturated rings. The van der Waals surface area contributed by atoms with Crippen LogP contribution >= 0.6 is 0 Å². The molecule has 12 nitrogen and oxygen atoms in total. The SMILES string of the molecule is C[C@H](OC(=O)[C@H](O)[C@@H](O)C(=O)OC1=CC[C@@]2(O)[C@H]3Cc4ccc(O)c5c4C2(CCN3C)C1O5)C(=O)O. The number of likely N-dealkylation sites (tertiary alicyclic amines) is 1. The van der Waals surface area contributed by atoms with Gasteiger partial charge in [-0.3, -0.25) is 0 Å². The predicted molar refractivity (Wildman–Crippen MR) is 118 cm³/mol. The number of hydrogen-bond donors (Lipinski definition) is 5. The number of piperidine rings is 1. The highest BCUT2D eigenvalue weighted by Crippen LogP contribution is 2.65. The number of phenolic OH excluding ortho intramolecular Hbond substituents is 1. The van der Waals surface area contributed by atoms with Gasteiger partial charge in [0.2, 0.25) is 0 Å². The molecule has 7 atom stereocenters. The summed E-state index contributed by atoms with van der Waals surface area (Å²) in [5.41, 5.74) is -0.741. The fraction of sp³-hybridized carbons (Fsp3) is 0.542. The number of nitrogens with zero attached hydrogens (tertiary/aromatic N) is 1. The first-order chi connectivity index (χ1) is 16.9. The van der Waals surface area contributed by atoms with Crippen molar-refractivity contribution in [3.63, 3.8) is 0 Å². The minimum Gasteiger partial charge on any atom is -0.504 e. The van der Waals surface area contributed by atoms with Gasteiger partial charge >= 0.3 is 17.9 Å². The summed E-state index contributed by atoms with van der Waals surface area (Å²) in [7, 11) is 1.92. The van der Waals surface area contributed by atoms with Gasteiger partial charge in [-0.15, -0.1) is 0 Å². The van der Waals surface area contributed by atoms with Crippen LogP contribution < -0.4 is 4.74 Å². The molecule has 2 aliphatic heterocycles. The number of ether oxygens (including phenoxy) is 3. The lowest BCUT2D eigenvalue weighted by Crippen LogP contribution is -2.74. The molecule has 1 aromatic carbocycles. The topological polar surface area (TPSA) is 183 Å². The second-order valence-electron chi connectivity index (χ2n) is 9.83. The Balaban J connectivity index is 1.44. The number of carbonyl (C=O) groups is 3. The average molecular weight is 505 g/mol. The first-order valence-corrected chi connectivity index (χ1v) is 11.6. The molecule has 0 saturated carbocycles. The zero-order valence-corrected chi connectivity index (χ0v) is 19.6. The van der Waals surface area contributed by atoms with Crippen LogP contribution in [0.1, 0.15) is 30.9 Å². The molecule has 2 heterocycles. The number of benzene rings is 1. The van der Waals surface area contributed by atoms with Gasteiger partial charge < -0.3 is 44.6 Å². The summed E-state index contributed by atoms with van der Waals surface area (Å²) in [6.07, 6.45) is -4.84. The predicted octanol–water partition coefficient (Wildman–Crippen LogP) is -1.05. The van der Waals surface area contributed by atoms with Crippen molar-refractivity contribution in [3.8, 4) is 11.5 Å². The van der Waals surface area contributed by atoms with E-state index in [0.717, 1.165) is 12.5 Å². The van der Waals surface area contributed by atoms with E-state index < -0.39 is 53.3 Å². The highest BCUT2D eigenvalue weighted by atomic mass is 16.6. The van der Waals surface area contributed by atoms with Crippen molar-refractivity contribution < 1.29 is 54.1 Å². The molecule has 1 saturated heterocycles. The van der Waals surface area contributed by atoms with Crippen LogP contribution in [0.5, 0.6) is 11.5 Å². The maximum atomic E-state index is 12.7. The van der Waals surface area contributed by atoms with Gasteiger partial charge in [-0.2, -0.15) is 0 Å². The number of aliphatic hydroxyl groups is 3. The van der Waals surface area contributed by atoms with E-state index in [1.54, 1.807) is 6.07 Å². The van der Waals surface area contributed by atoms with Crippen LogP contribution in [0.4, 0.5) is 0 Å². The molecule has 2 aliphatic carbocycles. The van der Waals surface area contributed by atoms with Crippen molar-refractivity contribution in [2.75, 3.05) is 13.6 Å². The number of carbonyl (C=O) groups excluding carboxylic acids is 2. The van der Waals surface area contributed by atoms with Gasteiger partial charge in [0.25, 0.3) is 0 Å². The molecular weight excluding hydrogens is 478 g/mol. The highest BCUT2D eigenvalue weighted by Gasteiger charge is 2.72. The van der Waals surface area contributed by atoms with Crippen LogP contribution in [-0.4, -0.2) is 98.0 Å². The Labute approximate surface area is 205 Å². The zero-order valence-electron chi connectivity index (χ0n) is 19.6. The molecule has 1 spiro atoms. The summed E-state index contributed by atoms with van der Waals surface area (Å²) in [5, 5.41) is 51.7. The van der Waals surface area contributed by atoms with E-state index in [-0.39, 0.29) is 29.7 Å². The third-order valence-corrected chi connectivity index (χ3v) is 7.99. The minimum absolute atomic E-state index is 0.0325. The molecule has 12 heteroatoms. The number of likely N-dealkylation sites (N-methyl/N-ethyl adjacent to an activating group) is 1. The standard InChI is InChI=1S/C24H27NO11/c1-10(20(29)30)34-21(31)16(27)17(28)22(32)35-13-5-6-24(33)14-9-11-3-4-12(26)18-15(11)23(24,19(13)36-18)7-8-25(14)2/h3-5,10,14,16-17,19,26-28,33H,6-9H2,1-2H3,(H,29,30)/t10-,14+,16+,17+,19?,23?,24+/m0/s1. The Morgan fingerprint density at radius 3 is 2.58 bits per heavy atom. The van der Waals surface area contributed by atoms with Crippen molar-refractivity contribution in [2.24, 2.45) is 0 Å². The van der Waals surface area contributed by atoms with Crippen molar-refractivity contribution >= 4 is 17.9 Å². The molecule has 5 rings (SSSR count). The summed E-state index contributed by atoms with van der Waals surface area (Å²) in [4.78, 5) is 37.6. The normalized spacial score (nSPS) is 32.3. The Hall–Kier alpha value is -3.19. The third kappa shape index (κ3) is 3.18. The lowest BCUT2D eigenvalue weighted by molar-refractivity contribution is -0.182. The van der Waals surface area contributed by atoms with Crippen LogP contribution in [0.25, 0.3) is 0 Å². The van der Waals surface area contributed by atoms with Crippen LogP contribution in [0.2, 0.25) is 0 Å². The van der Waals surface area contributed by atoms with Crippen molar-refractivity contribution in [1.82, 2.24) is 4.90 Å². The van der Waals surface area contributed by atoms with E-state index in [2.05, 4.69) is 9.64 Å². The summed E-state index contributed by atoms with van der Waals surface area (Å²) in [5.74, 6) is -4.32. The number of aliphatic hydroxyl groups excluding tert-OH is 2. The molecular formula is C24H27NO11. The van der Waals surface area contributed by atoms with Gasteiger partial charge in [-0.05, 0) is 51.1 Å². The number of aromatic hydroxyl groups is 1. The quantitative estimate of drug-likeness (QED) is 0.296. The molecule has 5 N–H and O–H groups in total. The van der Waals surface area contributed by atoms with Crippen LogP contribution in [0.15, 0.2) is 24.0 Å². The number of carboxylic acids is 1. The summed E-state index contributed by atoms with van der Waals surface area (Å²) < 4.78 is 16.0.